The molecule has 1 aliphatic carbocycles. The van der Waals surface area contributed by atoms with Crippen LogP contribution >= 0.6 is 0 Å². The van der Waals surface area contributed by atoms with E-state index in [-0.39, 0.29) is 6.10 Å². The molecule has 0 spiro atoms. The van der Waals surface area contributed by atoms with Crippen LogP contribution in [0, 0.1) is 0 Å². The van der Waals surface area contributed by atoms with Gasteiger partial charge in [0.1, 0.15) is 6.61 Å². The van der Waals surface area contributed by atoms with E-state index in [9.17, 15) is 13.2 Å². The summed E-state index contributed by atoms with van der Waals surface area (Å²) in [4.78, 5) is 0. The molecule has 4 heteroatoms. The summed E-state index contributed by atoms with van der Waals surface area (Å²) in [6.07, 6.45) is -2.68. The van der Waals surface area contributed by atoms with Gasteiger partial charge in [-0.1, -0.05) is 0 Å². The molecule has 0 unspecified atom stereocenters. The van der Waals surface area contributed by atoms with Crippen LogP contribution in [0.4, 0.5) is 13.2 Å². The second-order valence-electron chi connectivity index (χ2n) is 2.13. The van der Waals surface area contributed by atoms with Gasteiger partial charge in [-0.25, -0.2) is 0 Å². The van der Waals surface area contributed by atoms with Gasteiger partial charge in [-0.15, -0.1) is 0 Å². The predicted molar refractivity (Wildman–Crippen MR) is 25.0 cm³/mol. The van der Waals surface area contributed by atoms with Crippen LogP contribution < -0.4 is 0 Å². The number of halogens is 3. The van der Waals surface area contributed by atoms with Crippen molar-refractivity contribution in [2.24, 2.45) is 0 Å². The van der Waals surface area contributed by atoms with Crippen molar-refractivity contribution < 1.29 is 17.9 Å². The molecule has 0 radical (unpaired) electrons. The van der Waals surface area contributed by atoms with Crippen LogP contribution in [-0.4, -0.2) is 18.9 Å². The third-order valence-electron chi connectivity index (χ3n) is 1.01. The SMILES string of the molecule is FC(F)(F)COC1CC1. The van der Waals surface area contributed by atoms with Gasteiger partial charge in [0, 0.05) is 0 Å². The number of alkyl halides is 3. The molecule has 0 N–H and O–H groups in total. The predicted octanol–water partition coefficient (Wildman–Crippen LogP) is 1.73. The smallest absolute Gasteiger partial charge is 0.369 e. The molecule has 0 saturated heterocycles. The highest BCUT2D eigenvalue weighted by Crippen LogP contribution is 2.26. The zero-order chi connectivity index (χ0) is 6.91. The van der Waals surface area contributed by atoms with Crippen LogP contribution in [-0.2, 0) is 4.74 Å². The molecule has 0 heterocycles. The first-order valence-corrected chi connectivity index (χ1v) is 2.76. The second kappa shape index (κ2) is 2.17. The fourth-order valence-electron chi connectivity index (χ4n) is 0.447. The third-order valence-corrected chi connectivity index (χ3v) is 1.01. The Labute approximate surface area is 50.8 Å². The van der Waals surface area contributed by atoms with E-state index in [1.807, 2.05) is 0 Å². The van der Waals surface area contributed by atoms with Crippen molar-refractivity contribution in [2.45, 2.75) is 25.1 Å². The third kappa shape index (κ3) is 3.35. The number of hydrogen-bond donors (Lipinski definition) is 0. The maximum Gasteiger partial charge on any atom is 0.411 e. The molecule has 1 aliphatic rings. The summed E-state index contributed by atoms with van der Waals surface area (Å²) in [6, 6.07) is 0. The van der Waals surface area contributed by atoms with Crippen molar-refractivity contribution in [3.8, 4) is 0 Å². The number of rotatable bonds is 2. The minimum Gasteiger partial charge on any atom is -0.369 e. The standard InChI is InChI=1S/C5H7F3O/c6-5(7,8)3-9-4-1-2-4/h4H,1-3H2. The van der Waals surface area contributed by atoms with E-state index in [0.29, 0.717) is 0 Å². The minimum atomic E-state index is -4.15. The molecule has 1 rings (SSSR count). The van der Waals surface area contributed by atoms with Gasteiger partial charge in [-0.3, -0.25) is 0 Å². The molecule has 1 fully saturated rings. The fourth-order valence-corrected chi connectivity index (χ4v) is 0.447. The summed E-state index contributed by atoms with van der Waals surface area (Å²) < 4.78 is 38.3. The van der Waals surface area contributed by atoms with Gasteiger partial charge < -0.3 is 4.74 Å². The molecule has 0 atom stereocenters. The highest BCUT2D eigenvalue weighted by Gasteiger charge is 2.32. The number of hydrogen-bond acceptors (Lipinski definition) is 1. The van der Waals surface area contributed by atoms with E-state index in [2.05, 4.69) is 4.74 Å². The van der Waals surface area contributed by atoms with Gasteiger partial charge in [0.25, 0.3) is 0 Å². The molecule has 0 bridgehead atoms. The van der Waals surface area contributed by atoms with Gasteiger partial charge >= 0.3 is 6.18 Å². The first-order chi connectivity index (χ1) is 4.08. The van der Waals surface area contributed by atoms with E-state index in [1.165, 1.54) is 0 Å². The zero-order valence-corrected chi connectivity index (χ0v) is 4.74. The lowest BCUT2D eigenvalue weighted by atomic mass is 10.7. The van der Waals surface area contributed by atoms with Crippen molar-refractivity contribution >= 4 is 0 Å². The molecule has 1 saturated carbocycles. The summed E-state index contributed by atoms with van der Waals surface area (Å²) in [7, 11) is 0. The molecule has 0 aromatic carbocycles. The molecular formula is C5H7F3O. The van der Waals surface area contributed by atoms with Crippen LogP contribution in [0.3, 0.4) is 0 Å². The average Bonchev–Trinajstić information content (AvgIpc) is 2.38. The molecular weight excluding hydrogens is 133 g/mol. The Kier molecular flexibility index (Phi) is 1.66. The Morgan fingerprint density at radius 3 is 2.22 bits per heavy atom. The quantitative estimate of drug-likeness (QED) is 0.567. The molecule has 0 aliphatic heterocycles. The van der Waals surface area contributed by atoms with Gasteiger partial charge in [0.15, 0.2) is 0 Å². The highest BCUT2D eigenvalue weighted by molar-refractivity contribution is 4.73. The van der Waals surface area contributed by atoms with Gasteiger partial charge in [-0.05, 0) is 12.8 Å². The van der Waals surface area contributed by atoms with Crippen LogP contribution in [0.5, 0.6) is 0 Å². The van der Waals surface area contributed by atoms with E-state index >= 15 is 0 Å². The summed E-state index contributed by atoms with van der Waals surface area (Å²) >= 11 is 0. The lowest BCUT2D eigenvalue weighted by Crippen LogP contribution is -2.17. The van der Waals surface area contributed by atoms with E-state index in [0.717, 1.165) is 12.8 Å². The van der Waals surface area contributed by atoms with Crippen molar-refractivity contribution in [2.75, 3.05) is 6.61 Å². The van der Waals surface area contributed by atoms with Crippen molar-refractivity contribution in [1.29, 1.82) is 0 Å². The first-order valence-electron chi connectivity index (χ1n) is 2.76. The van der Waals surface area contributed by atoms with Gasteiger partial charge in [-0.2, -0.15) is 13.2 Å². The minimum absolute atomic E-state index is 0.105. The van der Waals surface area contributed by atoms with E-state index in [1.54, 1.807) is 0 Å². The molecule has 0 aromatic rings. The summed E-state index contributed by atoms with van der Waals surface area (Å²) in [5.74, 6) is 0. The molecule has 0 aromatic heterocycles. The second-order valence-corrected chi connectivity index (χ2v) is 2.13. The molecule has 9 heavy (non-hydrogen) atoms. The fraction of sp³-hybridized carbons (Fsp3) is 1.00. The topological polar surface area (TPSA) is 9.23 Å². The van der Waals surface area contributed by atoms with Crippen molar-refractivity contribution in [3.05, 3.63) is 0 Å². The van der Waals surface area contributed by atoms with Crippen molar-refractivity contribution in [3.63, 3.8) is 0 Å². The number of ether oxygens (including phenoxy) is 1. The highest BCUT2D eigenvalue weighted by atomic mass is 19.4. The summed E-state index contributed by atoms with van der Waals surface area (Å²) in [5, 5.41) is 0. The lowest BCUT2D eigenvalue weighted by molar-refractivity contribution is -0.176. The Bertz CT molecular complexity index is 94.9. The van der Waals surface area contributed by atoms with Crippen LogP contribution in [0.2, 0.25) is 0 Å². The molecule has 1 nitrogen and oxygen atoms in total. The van der Waals surface area contributed by atoms with E-state index < -0.39 is 12.8 Å². The Hall–Kier alpha value is -0.250. The lowest BCUT2D eigenvalue weighted by Gasteiger charge is -2.04. The monoisotopic (exact) mass is 140 g/mol. The average molecular weight is 140 g/mol. The summed E-state index contributed by atoms with van der Waals surface area (Å²) in [6.45, 7) is -1.09. The van der Waals surface area contributed by atoms with Gasteiger partial charge in [0.2, 0.25) is 0 Å². The van der Waals surface area contributed by atoms with Crippen LogP contribution in [0.15, 0.2) is 0 Å². The first kappa shape index (κ1) is 6.86. The Morgan fingerprint density at radius 2 is 1.89 bits per heavy atom. The molecule has 0 amide bonds. The van der Waals surface area contributed by atoms with Crippen molar-refractivity contribution in [1.82, 2.24) is 0 Å². The Balaban J connectivity index is 2.03. The summed E-state index contributed by atoms with van der Waals surface area (Å²) in [5.41, 5.74) is 0. The Morgan fingerprint density at radius 1 is 1.33 bits per heavy atom. The maximum absolute atomic E-state index is 11.3. The zero-order valence-electron chi connectivity index (χ0n) is 4.74. The van der Waals surface area contributed by atoms with E-state index in [4.69, 9.17) is 0 Å². The largest absolute Gasteiger partial charge is 0.411 e. The van der Waals surface area contributed by atoms with Crippen LogP contribution in [0.25, 0.3) is 0 Å². The maximum atomic E-state index is 11.3. The molecule has 54 valence electrons. The normalized spacial score (nSPS) is 20.3. The van der Waals surface area contributed by atoms with Gasteiger partial charge in [0.05, 0.1) is 6.10 Å². The van der Waals surface area contributed by atoms with Crippen LogP contribution in [0.1, 0.15) is 12.8 Å².